The van der Waals surface area contributed by atoms with Crippen molar-refractivity contribution in [2.45, 2.75) is 6.92 Å². The monoisotopic (exact) mass is 549 g/mol. The Morgan fingerprint density at radius 2 is 1.68 bits per heavy atom. The van der Waals surface area contributed by atoms with Crippen LogP contribution in [0.4, 0.5) is 5.69 Å². The molecule has 168 valence electrons. The van der Waals surface area contributed by atoms with Gasteiger partial charge in [-0.25, -0.2) is 0 Å². The molecule has 1 aromatic heterocycles. The van der Waals surface area contributed by atoms with Crippen molar-refractivity contribution in [1.82, 2.24) is 0 Å². The summed E-state index contributed by atoms with van der Waals surface area (Å²) in [5.74, 6) is 1.10. The summed E-state index contributed by atoms with van der Waals surface area (Å²) in [6, 6.07) is 24.8. The number of carbonyl (C=O) groups is 1. The molecule has 1 aliphatic heterocycles. The van der Waals surface area contributed by atoms with Gasteiger partial charge >= 0.3 is 0 Å². The Bertz CT molecular complexity index is 1470. The van der Waals surface area contributed by atoms with E-state index in [1.165, 1.54) is 0 Å². The van der Waals surface area contributed by atoms with E-state index in [4.69, 9.17) is 27.6 Å². The van der Waals surface area contributed by atoms with Gasteiger partial charge in [0.25, 0.3) is 5.91 Å². The second-order valence-electron chi connectivity index (χ2n) is 7.90. The Hall–Kier alpha value is -3.05. The number of furan rings is 1. The fraction of sp³-hybridized carbons (Fsp3) is 0.0357. The Balaban J connectivity index is 1.55. The third kappa shape index (κ3) is 4.37. The van der Waals surface area contributed by atoms with Crippen LogP contribution in [0.1, 0.15) is 16.9 Å². The molecule has 5 rings (SSSR count). The zero-order chi connectivity index (χ0) is 23.8. The topological polar surface area (TPSA) is 33.5 Å². The lowest BCUT2D eigenvalue weighted by Gasteiger charge is -2.23. The Kier molecular flexibility index (Phi) is 6.22. The lowest BCUT2D eigenvalue weighted by Crippen LogP contribution is -2.25. The molecule has 0 radical (unpaired) electrons. The molecule has 1 amide bonds. The van der Waals surface area contributed by atoms with Crippen molar-refractivity contribution in [3.63, 3.8) is 0 Å². The number of halogens is 3. The second-order valence-corrected chi connectivity index (χ2v) is 9.63. The molecule has 4 aromatic rings. The quantitative estimate of drug-likeness (QED) is 0.238. The molecule has 0 saturated heterocycles. The summed E-state index contributed by atoms with van der Waals surface area (Å²) >= 11 is 15.7. The van der Waals surface area contributed by atoms with Gasteiger partial charge in [-0.2, -0.15) is 0 Å². The van der Waals surface area contributed by atoms with E-state index in [2.05, 4.69) is 15.9 Å². The van der Waals surface area contributed by atoms with Crippen LogP contribution in [0.3, 0.4) is 0 Å². The molecule has 0 bridgehead atoms. The van der Waals surface area contributed by atoms with Gasteiger partial charge in [-0.1, -0.05) is 69.5 Å². The van der Waals surface area contributed by atoms with Crippen molar-refractivity contribution in [2.24, 2.45) is 0 Å². The van der Waals surface area contributed by atoms with Crippen molar-refractivity contribution in [1.29, 1.82) is 0 Å². The van der Waals surface area contributed by atoms with Gasteiger partial charge in [0.05, 0.1) is 21.4 Å². The van der Waals surface area contributed by atoms with Crippen LogP contribution in [0.15, 0.2) is 99.4 Å². The first kappa shape index (κ1) is 22.7. The molecular weight excluding hydrogens is 533 g/mol. The molecule has 0 saturated carbocycles. The van der Waals surface area contributed by atoms with Gasteiger partial charge in [-0.05, 0) is 78.7 Å². The first-order chi connectivity index (χ1) is 16.4. The van der Waals surface area contributed by atoms with Gasteiger partial charge in [0.2, 0.25) is 0 Å². The Morgan fingerprint density at radius 1 is 0.882 bits per heavy atom. The lowest BCUT2D eigenvalue weighted by atomic mass is 10.1. The van der Waals surface area contributed by atoms with Crippen LogP contribution in [0.2, 0.25) is 10.0 Å². The minimum Gasteiger partial charge on any atom is -0.457 e. The molecule has 3 aromatic carbocycles. The number of anilines is 1. The zero-order valence-corrected chi connectivity index (χ0v) is 21.2. The predicted octanol–water partition coefficient (Wildman–Crippen LogP) is 8.80. The predicted molar refractivity (Wildman–Crippen MR) is 143 cm³/mol. The summed E-state index contributed by atoms with van der Waals surface area (Å²) in [5.41, 5.74) is 4.95. The molecule has 0 unspecified atom stereocenters. The molecule has 0 N–H and O–H groups in total. The van der Waals surface area contributed by atoms with Gasteiger partial charge < -0.3 is 4.42 Å². The molecule has 0 aliphatic carbocycles. The molecule has 34 heavy (non-hydrogen) atoms. The van der Waals surface area contributed by atoms with E-state index in [9.17, 15) is 4.79 Å². The van der Waals surface area contributed by atoms with Crippen LogP contribution in [0.25, 0.3) is 23.1 Å². The normalized spacial score (nSPS) is 14.7. The standard InChI is InChI=1S/C28H18BrCl2NO2/c1-17-13-21(29)8-11-25(17)32-26(18-5-3-2-4-6-18)16-20(28(32)33)14-22-9-12-27(34-22)19-7-10-23(30)24(31)15-19/h2-16H,1H3. The molecule has 0 spiro atoms. The molecular formula is C28H18BrCl2NO2. The number of nitrogens with zero attached hydrogens (tertiary/aromatic N) is 1. The minimum absolute atomic E-state index is 0.114. The number of hydrogen-bond acceptors (Lipinski definition) is 2. The third-order valence-corrected chi connectivity index (χ3v) is 6.81. The molecule has 0 atom stereocenters. The van der Waals surface area contributed by atoms with Gasteiger partial charge in [0, 0.05) is 15.6 Å². The summed E-state index contributed by atoms with van der Waals surface area (Å²) in [6.45, 7) is 1.99. The minimum atomic E-state index is -0.114. The van der Waals surface area contributed by atoms with Gasteiger partial charge in [0.15, 0.2) is 0 Å². The average molecular weight is 551 g/mol. The number of amides is 1. The maximum absolute atomic E-state index is 13.6. The summed E-state index contributed by atoms with van der Waals surface area (Å²) < 4.78 is 6.98. The van der Waals surface area contributed by atoms with Crippen LogP contribution in [0, 0.1) is 6.92 Å². The summed E-state index contributed by atoms with van der Waals surface area (Å²) in [4.78, 5) is 15.4. The molecule has 3 nitrogen and oxygen atoms in total. The van der Waals surface area contributed by atoms with E-state index in [1.807, 2.05) is 79.7 Å². The maximum Gasteiger partial charge on any atom is 0.263 e. The zero-order valence-electron chi connectivity index (χ0n) is 18.1. The van der Waals surface area contributed by atoms with Crippen LogP contribution >= 0.6 is 39.1 Å². The van der Waals surface area contributed by atoms with E-state index in [0.29, 0.717) is 27.1 Å². The number of rotatable bonds is 4. The van der Waals surface area contributed by atoms with Crippen molar-refractivity contribution in [2.75, 3.05) is 4.90 Å². The SMILES string of the molecule is Cc1cc(Br)ccc1N1C(=O)C(=Cc2ccc(-c3ccc(Cl)c(Cl)c3)o2)C=C1c1ccccc1. The number of aryl methyl sites for hydroxylation is 1. The van der Waals surface area contributed by atoms with Crippen molar-refractivity contribution in [3.8, 4) is 11.3 Å². The van der Waals surface area contributed by atoms with Gasteiger partial charge in [-0.3, -0.25) is 9.69 Å². The van der Waals surface area contributed by atoms with Crippen molar-refractivity contribution in [3.05, 3.63) is 122 Å². The van der Waals surface area contributed by atoms with Crippen LogP contribution < -0.4 is 4.90 Å². The number of benzene rings is 3. The number of hydrogen-bond donors (Lipinski definition) is 0. The largest absolute Gasteiger partial charge is 0.457 e. The van der Waals surface area contributed by atoms with Crippen LogP contribution in [-0.2, 0) is 4.79 Å². The summed E-state index contributed by atoms with van der Waals surface area (Å²) in [5, 5.41) is 0.940. The highest BCUT2D eigenvalue weighted by Gasteiger charge is 2.31. The van der Waals surface area contributed by atoms with E-state index in [1.54, 1.807) is 23.1 Å². The number of carbonyl (C=O) groups excluding carboxylic acids is 1. The maximum atomic E-state index is 13.6. The lowest BCUT2D eigenvalue weighted by molar-refractivity contribution is -0.113. The van der Waals surface area contributed by atoms with Crippen LogP contribution in [-0.4, -0.2) is 5.91 Å². The highest BCUT2D eigenvalue weighted by Crippen LogP contribution is 2.38. The fourth-order valence-electron chi connectivity index (χ4n) is 3.93. The summed E-state index contributed by atoms with van der Waals surface area (Å²) in [6.07, 6.45) is 3.67. The fourth-order valence-corrected chi connectivity index (χ4v) is 4.71. The Morgan fingerprint density at radius 3 is 2.41 bits per heavy atom. The van der Waals surface area contributed by atoms with E-state index in [0.717, 1.165) is 32.5 Å². The second kappa shape index (κ2) is 9.30. The molecule has 0 fully saturated rings. The summed E-state index contributed by atoms with van der Waals surface area (Å²) in [7, 11) is 0. The Labute approximate surface area is 216 Å². The third-order valence-electron chi connectivity index (χ3n) is 5.58. The average Bonchev–Trinajstić information content (AvgIpc) is 3.42. The van der Waals surface area contributed by atoms with E-state index in [-0.39, 0.29) is 5.91 Å². The molecule has 1 aliphatic rings. The highest BCUT2D eigenvalue weighted by molar-refractivity contribution is 9.10. The molecule has 2 heterocycles. The highest BCUT2D eigenvalue weighted by atomic mass is 79.9. The van der Waals surface area contributed by atoms with E-state index >= 15 is 0 Å². The van der Waals surface area contributed by atoms with Crippen molar-refractivity contribution < 1.29 is 9.21 Å². The first-order valence-electron chi connectivity index (χ1n) is 10.6. The van der Waals surface area contributed by atoms with E-state index < -0.39 is 0 Å². The first-order valence-corrected chi connectivity index (χ1v) is 12.1. The van der Waals surface area contributed by atoms with Crippen LogP contribution in [0.5, 0.6) is 0 Å². The van der Waals surface area contributed by atoms with Gasteiger partial charge in [0.1, 0.15) is 11.5 Å². The molecule has 6 heteroatoms. The smallest absolute Gasteiger partial charge is 0.263 e. The van der Waals surface area contributed by atoms with Crippen molar-refractivity contribution >= 4 is 62.5 Å². The van der Waals surface area contributed by atoms with Gasteiger partial charge in [-0.15, -0.1) is 0 Å².